The molecule has 0 aliphatic carbocycles. The van der Waals surface area contributed by atoms with E-state index in [1.54, 1.807) is 18.3 Å². The summed E-state index contributed by atoms with van der Waals surface area (Å²) >= 11 is 0. The first kappa shape index (κ1) is 17.2. The highest BCUT2D eigenvalue weighted by Gasteiger charge is 2.05. The van der Waals surface area contributed by atoms with Crippen LogP contribution in [-0.2, 0) is 4.74 Å². The van der Waals surface area contributed by atoms with Crippen LogP contribution in [0.3, 0.4) is 0 Å². The average Bonchev–Trinajstić information content (AvgIpc) is 2.53. The monoisotopic (exact) mass is 287 g/mol. The van der Waals surface area contributed by atoms with E-state index in [1.165, 1.54) is 31.9 Å². The first-order valence-corrected chi connectivity index (χ1v) is 7.87. The van der Waals surface area contributed by atoms with Crippen LogP contribution in [0.2, 0.25) is 0 Å². The Bertz CT molecular complexity index is 445. The second kappa shape index (κ2) is 12.0. The molecule has 3 heteroatoms. The summed E-state index contributed by atoms with van der Waals surface area (Å²) in [6, 6.07) is 3.46. The molecule has 0 aromatic carbocycles. The molecule has 1 rings (SSSR count). The Morgan fingerprint density at radius 2 is 1.90 bits per heavy atom. The van der Waals surface area contributed by atoms with Crippen molar-refractivity contribution in [1.29, 1.82) is 0 Å². The second-order valence-corrected chi connectivity index (χ2v) is 4.96. The number of rotatable bonds is 9. The van der Waals surface area contributed by atoms with Crippen molar-refractivity contribution in [3.05, 3.63) is 30.1 Å². The highest BCUT2D eigenvalue weighted by Crippen LogP contribution is 2.07. The topological polar surface area (TPSA) is 39.2 Å². The lowest BCUT2D eigenvalue weighted by molar-refractivity contribution is 0.0497. The molecular weight excluding hydrogens is 262 g/mol. The summed E-state index contributed by atoms with van der Waals surface area (Å²) < 4.78 is 5.20. The van der Waals surface area contributed by atoms with Gasteiger partial charge in [-0.2, -0.15) is 0 Å². The Kier molecular flexibility index (Phi) is 9.82. The third kappa shape index (κ3) is 8.86. The zero-order chi connectivity index (χ0) is 15.2. The van der Waals surface area contributed by atoms with Gasteiger partial charge in [0.25, 0.3) is 0 Å². The number of esters is 1. The van der Waals surface area contributed by atoms with Crippen LogP contribution in [0.15, 0.2) is 24.5 Å². The molecule has 3 nitrogen and oxygen atoms in total. The lowest BCUT2D eigenvalue weighted by Gasteiger charge is -2.04. The molecule has 0 atom stereocenters. The van der Waals surface area contributed by atoms with Crippen molar-refractivity contribution in [2.45, 2.75) is 58.3 Å². The van der Waals surface area contributed by atoms with Crippen LogP contribution in [0, 0.1) is 11.8 Å². The molecule has 0 N–H and O–H groups in total. The first-order valence-electron chi connectivity index (χ1n) is 7.87. The third-order valence-corrected chi connectivity index (χ3v) is 3.13. The fraction of sp³-hybridized carbons (Fsp3) is 0.556. The third-order valence-electron chi connectivity index (χ3n) is 3.13. The zero-order valence-electron chi connectivity index (χ0n) is 12.9. The molecule has 0 radical (unpaired) electrons. The smallest absolute Gasteiger partial charge is 0.339 e. The fourth-order valence-electron chi connectivity index (χ4n) is 1.97. The van der Waals surface area contributed by atoms with Gasteiger partial charge in [-0.3, -0.25) is 4.98 Å². The quantitative estimate of drug-likeness (QED) is 0.384. The van der Waals surface area contributed by atoms with Gasteiger partial charge in [0.05, 0.1) is 12.2 Å². The molecule has 0 aliphatic rings. The average molecular weight is 287 g/mol. The van der Waals surface area contributed by atoms with E-state index in [0.29, 0.717) is 12.2 Å². The largest absolute Gasteiger partial charge is 0.462 e. The maximum Gasteiger partial charge on any atom is 0.339 e. The highest BCUT2D eigenvalue weighted by atomic mass is 16.5. The summed E-state index contributed by atoms with van der Waals surface area (Å²) in [5, 5.41) is 0. The molecule has 1 aromatic heterocycles. The normalized spacial score (nSPS) is 9.76. The van der Waals surface area contributed by atoms with Gasteiger partial charge in [0.1, 0.15) is 0 Å². The number of nitrogens with zero attached hydrogens (tertiary/aromatic N) is 1. The van der Waals surface area contributed by atoms with Crippen LogP contribution in [0.5, 0.6) is 0 Å². The molecule has 21 heavy (non-hydrogen) atoms. The van der Waals surface area contributed by atoms with Crippen molar-refractivity contribution >= 4 is 5.97 Å². The van der Waals surface area contributed by atoms with Gasteiger partial charge >= 0.3 is 5.97 Å². The van der Waals surface area contributed by atoms with E-state index in [-0.39, 0.29) is 5.97 Å². The number of carbonyl (C=O) groups is 1. The van der Waals surface area contributed by atoms with Gasteiger partial charge in [-0.25, -0.2) is 4.79 Å². The Labute approximate surface area is 128 Å². The van der Waals surface area contributed by atoms with Crippen molar-refractivity contribution < 1.29 is 9.53 Å². The van der Waals surface area contributed by atoms with E-state index < -0.39 is 0 Å². The molecule has 0 fully saturated rings. The van der Waals surface area contributed by atoms with Gasteiger partial charge in [-0.1, -0.05) is 32.6 Å². The van der Waals surface area contributed by atoms with Crippen LogP contribution in [-0.4, -0.2) is 17.6 Å². The van der Waals surface area contributed by atoms with Gasteiger partial charge in [0.2, 0.25) is 0 Å². The van der Waals surface area contributed by atoms with E-state index in [2.05, 4.69) is 23.7 Å². The van der Waals surface area contributed by atoms with Crippen molar-refractivity contribution in [2.24, 2.45) is 0 Å². The predicted molar refractivity (Wildman–Crippen MR) is 84.9 cm³/mol. The van der Waals surface area contributed by atoms with Gasteiger partial charge in [0.15, 0.2) is 0 Å². The van der Waals surface area contributed by atoms with Gasteiger partial charge in [-0.05, 0) is 25.0 Å². The molecule has 0 unspecified atom stereocenters. The molecule has 1 aromatic rings. The summed E-state index contributed by atoms with van der Waals surface area (Å²) in [4.78, 5) is 15.5. The minimum absolute atomic E-state index is 0.280. The van der Waals surface area contributed by atoms with Crippen molar-refractivity contribution in [3.63, 3.8) is 0 Å². The summed E-state index contributed by atoms with van der Waals surface area (Å²) in [7, 11) is 0. The number of carbonyl (C=O) groups excluding carboxylic acids is 1. The summed E-state index contributed by atoms with van der Waals surface area (Å²) in [6.07, 6.45) is 12.1. The Morgan fingerprint density at radius 1 is 1.14 bits per heavy atom. The molecule has 1 heterocycles. The number of aromatic nitrogens is 1. The van der Waals surface area contributed by atoms with Crippen LogP contribution >= 0.6 is 0 Å². The highest BCUT2D eigenvalue weighted by molar-refractivity contribution is 5.88. The molecule has 0 amide bonds. The van der Waals surface area contributed by atoms with Crippen LogP contribution < -0.4 is 0 Å². The number of hydrogen-bond donors (Lipinski definition) is 0. The summed E-state index contributed by atoms with van der Waals surface area (Å²) in [6.45, 7) is 2.57. The molecule has 114 valence electrons. The predicted octanol–water partition coefficient (Wildman–Crippen LogP) is 4.38. The standard InChI is InChI=1S/C18H25NO2/c1-2-3-4-5-6-7-8-9-10-11-15-21-18(20)17-13-12-14-19-16-17/h12-14,16H,2,5-11,15H2,1H3. The van der Waals surface area contributed by atoms with E-state index in [1.807, 2.05) is 0 Å². The Morgan fingerprint density at radius 3 is 2.62 bits per heavy atom. The molecule has 0 saturated heterocycles. The number of ether oxygens (including phenoxy) is 1. The summed E-state index contributed by atoms with van der Waals surface area (Å²) in [5.41, 5.74) is 0.519. The van der Waals surface area contributed by atoms with Crippen LogP contribution in [0.25, 0.3) is 0 Å². The zero-order valence-corrected chi connectivity index (χ0v) is 12.9. The van der Waals surface area contributed by atoms with Crippen LogP contribution in [0.1, 0.15) is 68.6 Å². The number of hydrogen-bond acceptors (Lipinski definition) is 3. The van der Waals surface area contributed by atoms with Crippen molar-refractivity contribution in [1.82, 2.24) is 4.98 Å². The maximum atomic E-state index is 11.6. The molecule has 0 bridgehead atoms. The maximum absolute atomic E-state index is 11.6. The molecule has 0 saturated carbocycles. The molecule has 0 spiro atoms. The van der Waals surface area contributed by atoms with Gasteiger partial charge in [-0.15, -0.1) is 11.8 Å². The van der Waals surface area contributed by atoms with Gasteiger partial charge < -0.3 is 4.74 Å². The minimum Gasteiger partial charge on any atom is -0.462 e. The van der Waals surface area contributed by atoms with E-state index in [9.17, 15) is 4.79 Å². The van der Waals surface area contributed by atoms with E-state index >= 15 is 0 Å². The van der Waals surface area contributed by atoms with Crippen molar-refractivity contribution in [3.8, 4) is 11.8 Å². The SMILES string of the molecule is CCC#CCCCCCCCCOC(=O)c1cccnc1. The molecular formula is C18H25NO2. The number of pyridine rings is 1. The lowest BCUT2D eigenvalue weighted by Crippen LogP contribution is -2.06. The minimum atomic E-state index is -0.280. The lowest BCUT2D eigenvalue weighted by atomic mass is 10.1. The van der Waals surface area contributed by atoms with Gasteiger partial charge in [0, 0.05) is 25.2 Å². The first-order chi connectivity index (χ1) is 10.3. The number of unbranched alkanes of at least 4 members (excludes halogenated alkanes) is 6. The molecule has 0 aliphatic heterocycles. The Hall–Kier alpha value is -1.82. The van der Waals surface area contributed by atoms with Crippen molar-refractivity contribution in [2.75, 3.05) is 6.61 Å². The fourth-order valence-corrected chi connectivity index (χ4v) is 1.97. The second-order valence-electron chi connectivity index (χ2n) is 4.96. The Balaban J connectivity index is 1.92. The van der Waals surface area contributed by atoms with E-state index in [4.69, 9.17) is 4.74 Å². The van der Waals surface area contributed by atoms with E-state index in [0.717, 1.165) is 25.7 Å². The van der Waals surface area contributed by atoms with Crippen LogP contribution in [0.4, 0.5) is 0 Å². The summed E-state index contributed by atoms with van der Waals surface area (Å²) in [5.74, 6) is 5.97.